The van der Waals surface area contributed by atoms with Gasteiger partial charge in [0.25, 0.3) is 0 Å². The fraction of sp³-hybridized carbons (Fsp3) is 0.250. The van der Waals surface area contributed by atoms with Gasteiger partial charge in [-0.3, -0.25) is 9.89 Å². The number of thioether (sulfide) groups is 1. The van der Waals surface area contributed by atoms with Crippen LogP contribution in [0.4, 0.5) is 0 Å². The van der Waals surface area contributed by atoms with Gasteiger partial charge < -0.3 is 10.1 Å². The van der Waals surface area contributed by atoms with Crippen molar-refractivity contribution in [3.05, 3.63) is 59.1 Å². The maximum Gasteiger partial charge on any atom is 0.233 e. The molecule has 28 heavy (non-hydrogen) atoms. The van der Waals surface area contributed by atoms with E-state index in [0.717, 1.165) is 6.42 Å². The van der Waals surface area contributed by atoms with Crippen molar-refractivity contribution < 1.29 is 9.53 Å². The molecule has 1 atom stereocenters. The maximum absolute atomic E-state index is 12.3. The zero-order chi connectivity index (χ0) is 19.9. The van der Waals surface area contributed by atoms with Crippen molar-refractivity contribution in [3.63, 3.8) is 0 Å². The Morgan fingerprint density at radius 1 is 1.29 bits per heavy atom. The fourth-order valence-corrected chi connectivity index (χ4v) is 3.54. The van der Waals surface area contributed by atoms with Gasteiger partial charge in [0, 0.05) is 11.6 Å². The second-order valence-corrected chi connectivity index (χ2v) is 7.84. The van der Waals surface area contributed by atoms with Gasteiger partial charge >= 0.3 is 0 Å². The summed E-state index contributed by atoms with van der Waals surface area (Å²) in [6.45, 7) is 2.42. The average Bonchev–Trinajstić information content (AvgIpc) is 3.17. The number of hydrogen-bond acceptors (Lipinski definition) is 5. The highest BCUT2D eigenvalue weighted by molar-refractivity contribution is 8.00. The topological polar surface area (TPSA) is 79.9 Å². The first-order valence-corrected chi connectivity index (χ1v) is 10.1. The van der Waals surface area contributed by atoms with E-state index in [4.69, 9.17) is 16.3 Å². The molecule has 1 amide bonds. The molecular weight excluding hydrogens is 396 g/mol. The third-order valence-corrected chi connectivity index (χ3v) is 5.28. The van der Waals surface area contributed by atoms with Crippen molar-refractivity contribution in [2.75, 3.05) is 13.7 Å². The molecule has 0 bridgehead atoms. The second kappa shape index (κ2) is 9.61. The monoisotopic (exact) mass is 416 g/mol. The van der Waals surface area contributed by atoms with Crippen LogP contribution in [0.5, 0.6) is 5.75 Å². The lowest BCUT2D eigenvalue weighted by Gasteiger charge is -2.10. The smallest absolute Gasteiger partial charge is 0.233 e. The van der Waals surface area contributed by atoms with Crippen LogP contribution >= 0.6 is 23.4 Å². The molecule has 0 fully saturated rings. The van der Waals surface area contributed by atoms with Gasteiger partial charge in [0.15, 0.2) is 5.82 Å². The summed E-state index contributed by atoms with van der Waals surface area (Å²) in [5.74, 6) is 1.13. The molecular formula is C20H21ClN4O2S. The van der Waals surface area contributed by atoms with E-state index in [1.807, 2.05) is 37.3 Å². The Balaban J connectivity index is 1.57. The summed E-state index contributed by atoms with van der Waals surface area (Å²) >= 11 is 7.37. The van der Waals surface area contributed by atoms with Crippen molar-refractivity contribution in [1.82, 2.24) is 20.5 Å². The molecule has 146 valence electrons. The minimum atomic E-state index is -0.319. The first-order valence-electron chi connectivity index (χ1n) is 8.81. The summed E-state index contributed by atoms with van der Waals surface area (Å²) in [5, 5.41) is 10.8. The third-order valence-electron chi connectivity index (χ3n) is 4.09. The van der Waals surface area contributed by atoms with Crippen LogP contribution in [0.15, 0.2) is 53.7 Å². The average molecular weight is 417 g/mol. The number of carbonyl (C=O) groups excluding carboxylic acids is 1. The van der Waals surface area contributed by atoms with Crippen molar-refractivity contribution in [2.24, 2.45) is 0 Å². The molecule has 1 heterocycles. The number of nitrogens with zero attached hydrogens (tertiary/aromatic N) is 2. The number of aromatic nitrogens is 3. The van der Waals surface area contributed by atoms with Crippen molar-refractivity contribution in [2.45, 2.75) is 23.8 Å². The van der Waals surface area contributed by atoms with Gasteiger partial charge in [-0.05, 0) is 37.1 Å². The van der Waals surface area contributed by atoms with Crippen LogP contribution in [0, 0.1) is 0 Å². The molecule has 0 radical (unpaired) electrons. The van der Waals surface area contributed by atoms with Crippen molar-refractivity contribution in [1.29, 1.82) is 0 Å². The summed E-state index contributed by atoms with van der Waals surface area (Å²) in [4.78, 5) is 16.8. The Labute approximate surface area is 173 Å². The number of rotatable bonds is 8. The molecule has 0 aliphatic heterocycles. The number of hydrogen-bond donors (Lipinski definition) is 2. The summed E-state index contributed by atoms with van der Waals surface area (Å²) in [5.41, 5.74) is 1.91. The van der Waals surface area contributed by atoms with Gasteiger partial charge in [0.05, 0.1) is 17.9 Å². The van der Waals surface area contributed by atoms with Crippen LogP contribution in [0.1, 0.15) is 12.5 Å². The molecule has 0 saturated heterocycles. The Morgan fingerprint density at radius 3 is 2.82 bits per heavy atom. The molecule has 3 rings (SSSR count). The van der Waals surface area contributed by atoms with E-state index in [2.05, 4.69) is 20.5 Å². The first kappa shape index (κ1) is 20.2. The number of ether oxygens (including phenoxy) is 1. The van der Waals surface area contributed by atoms with Crippen LogP contribution < -0.4 is 10.1 Å². The summed E-state index contributed by atoms with van der Waals surface area (Å²) in [7, 11) is 1.58. The standard InChI is InChI=1S/C20H21ClN4O2S/c1-13(19(26)22-11-10-14-6-4-3-5-7-14)28-20-23-18(24-25-20)16-12-15(21)8-9-17(16)27-2/h3-9,12-13H,10-11H2,1-2H3,(H,22,26)(H,23,24,25)/t13-/m1/s1. The lowest BCUT2D eigenvalue weighted by Crippen LogP contribution is -2.32. The van der Waals surface area contributed by atoms with Crippen LogP contribution in [0.25, 0.3) is 11.4 Å². The lowest BCUT2D eigenvalue weighted by atomic mass is 10.1. The van der Waals surface area contributed by atoms with E-state index in [0.29, 0.717) is 33.9 Å². The summed E-state index contributed by atoms with van der Waals surface area (Å²) < 4.78 is 5.35. The molecule has 0 aliphatic carbocycles. The van der Waals surface area contributed by atoms with Gasteiger partial charge in [0.2, 0.25) is 11.1 Å². The van der Waals surface area contributed by atoms with Gasteiger partial charge in [-0.2, -0.15) is 0 Å². The predicted octanol–water partition coefficient (Wildman–Crippen LogP) is 3.97. The van der Waals surface area contributed by atoms with Crippen LogP contribution in [-0.4, -0.2) is 40.0 Å². The molecule has 0 saturated carbocycles. The molecule has 2 N–H and O–H groups in total. The molecule has 3 aromatic rings. The number of nitrogens with one attached hydrogen (secondary N) is 2. The predicted molar refractivity (Wildman–Crippen MR) is 112 cm³/mol. The Morgan fingerprint density at radius 2 is 2.07 bits per heavy atom. The number of benzene rings is 2. The van der Waals surface area contributed by atoms with Crippen LogP contribution in [0.2, 0.25) is 5.02 Å². The maximum atomic E-state index is 12.3. The number of amides is 1. The van der Waals surface area contributed by atoms with E-state index in [-0.39, 0.29) is 11.2 Å². The minimum Gasteiger partial charge on any atom is -0.496 e. The third kappa shape index (κ3) is 5.27. The van der Waals surface area contributed by atoms with E-state index in [1.165, 1.54) is 17.3 Å². The highest BCUT2D eigenvalue weighted by Crippen LogP contribution is 2.31. The SMILES string of the molecule is COc1ccc(Cl)cc1-c1nc(S[C@H](C)C(=O)NCCc2ccccc2)n[nH]1. The summed E-state index contributed by atoms with van der Waals surface area (Å²) in [6, 6.07) is 15.3. The number of carbonyl (C=O) groups is 1. The summed E-state index contributed by atoms with van der Waals surface area (Å²) in [6.07, 6.45) is 0.795. The van der Waals surface area contributed by atoms with E-state index >= 15 is 0 Å². The first-order chi connectivity index (χ1) is 13.6. The Bertz CT molecular complexity index is 933. The highest BCUT2D eigenvalue weighted by atomic mass is 35.5. The Kier molecular flexibility index (Phi) is 6.95. The van der Waals surface area contributed by atoms with Gasteiger partial charge in [-0.1, -0.05) is 53.7 Å². The normalized spacial score (nSPS) is 11.8. The number of H-pyrrole nitrogens is 1. The molecule has 6 nitrogen and oxygen atoms in total. The van der Waals surface area contributed by atoms with Gasteiger partial charge in [-0.25, -0.2) is 4.98 Å². The van der Waals surface area contributed by atoms with Crippen LogP contribution in [0.3, 0.4) is 0 Å². The molecule has 0 unspecified atom stereocenters. The van der Waals surface area contributed by atoms with Gasteiger partial charge in [-0.15, -0.1) is 5.10 Å². The van der Waals surface area contributed by atoms with Crippen LogP contribution in [-0.2, 0) is 11.2 Å². The minimum absolute atomic E-state index is 0.0485. The second-order valence-electron chi connectivity index (χ2n) is 6.10. The van der Waals surface area contributed by atoms with Gasteiger partial charge in [0.1, 0.15) is 5.75 Å². The number of methoxy groups -OCH3 is 1. The molecule has 0 aliphatic rings. The molecule has 8 heteroatoms. The van der Waals surface area contributed by atoms with Crippen molar-refractivity contribution >= 4 is 29.3 Å². The van der Waals surface area contributed by atoms with Crippen molar-refractivity contribution in [3.8, 4) is 17.1 Å². The number of aromatic amines is 1. The van der Waals surface area contributed by atoms with E-state index in [9.17, 15) is 4.79 Å². The highest BCUT2D eigenvalue weighted by Gasteiger charge is 2.18. The largest absolute Gasteiger partial charge is 0.496 e. The molecule has 1 aromatic heterocycles. The zero-order valence-electron chi connectivity index (χ0n) is 15.6. The lowest BCUT2D eigenvalue weighted by molar-refractivity contribution is -0.120. The number of halogens is 1. The zero-order valence-corrected chi connectivity index (χ0v) is 17.2. The van der Waals surface area contributed by atoms with E-state index < -0.39 is 0 Å². The quantitative estimate of drug-likeness (QED) is 0.543. The molecule has 0 spiro atoms. The Hall–Kier alpha value is -2.51. The van der Waals surface area contributed by atoms with E-state index in [1.54, 1.807) is 25.3 Å². The fourth-order valence-electron chi connectivity index (χ4n) is 2.61. The molecule has 2 aromatic carbocycles.